The van der Waals surface area contributed by atoms with Gasteiger partial charge in [0, 0.05) is 0 Å². The molecule has 5 nitrogen and oxygen atoms in total. The van der Waals surface area contributed by atoms with Crippen molar-refractivity contribution in [2.45, 2.75) is 6.92 Å². The summed E-state index contributed by atoms with van der Waals surface area (Å²) in [7, 11) is 0. The van der Waals surface area contributed by atoms with Gasteiger partial charge in [-0.15, -0.1) is 0 Å². The van der Waals surface area contributed by atoms with E-state index in [-0.39, 0.29) is 5.56 Å². The van der Waals surface area contributed by atoms with E-state index in [0.717, 1.165) is 0 Å². The molecule has 1 N–H and O–H groups in total. The topological polar surface area (TPSA) is 80.4 Å². The Morgan fingerprint density at radius 3 is 2.57 bits per heavy atom. The Morgan fingerprint density at radius 1 is 1.57 bits per heavy atom. The predicted octanol–water partition coefficient (Wildman–Crippen LogP) is 1.99. The van der Waals surface area contributed by atoms with E-state index >= 15 is 0 Å². The third-order valence-electron chi connectivity index (χ3n) is 1.75. The van der Waals surface area contributed by atoms with Crippen LogP contribution >= 0.6 is 11.6 Å². The number of carbonyl (C=O) groups is 1. The predicted molar refractivity (Wildman–Crippen MR) is 49.7 cm³/mol. The fourth-order valence-electron chi connectivity index (χ4n) is 1.02. The molecule has 0 radical (unpaired) electrons. The second-order valence-electron chi connectivity index (χ2n) is 2.66. The van der Waals surface area contributed by atoms with E-state index < -0.39 is 21.6 Å². The van der Waals surface area contributed by atoms with E-state index in [2.05, 4.69) is 0 Å². The summed E-state index contributed by atoms with van der Waals surface area (Å²) in [5, 5.41) is 18.9. The van der Waals surface area contributed by atoms with Gasteiger partial charge >= 0.3 is 5.69 Å². The average Bonchev–Trinajstić information content (AvgIpc) is 2.08. The van der Waals surface area contributed by atoms with E-state index in [1.54, 1.807) is 0 Å². The summed E-state index contributed by atoms with van der Waals surface area (Å²) in [6, 6.07) is 2.60. The number of aryl methyl sites for hydroxylation is 1. The highest BCUT2D eigenvalue weighted by Gasteiger charge is 2.24. The molecule has 74 valence electrons. The number of rotatable bonds is 2. The zero-order valence-corrected chi connectivity index (χ0v) is 7.91. The van der Waals surface area contributed by atoms with E-state index in [4.69, 9.17) is 11.6 Å². The largest absolute Gasteiger partial charge is 0.502 e. The van der Waals surface area contributed by atoms with Crippen molar-refractivity contribution < 1.29 is 14.8 Å². The van der Waals surface area contributed by atoms with Gasteiger partial charge in [0.1, 0.15) is 5.56 Å². The molecule has 0 fully saturated rings. The van der Waals surface area contributed by atoms with Gasteiger partial charge in [-0.1, -0.05) is 6.07 Å². The smallest absolute Gasteiger partial charge is 0.323 e. The molecule has 0 spiro atoms. The first-order valence-electron chi connectivity index (χ1n) is 3.62. The number of phenols is 1. The summed E-state index contributed by atoms with van der Waals surface area (Å²) in [4.78, 5) is 20.5. The highest BCUT2D eigenvalue weighted by Crippen LogP contribution is 2.33. The standard InChI is InChI=1S/C8H6ClNO4/c1-4-2-3-5(8(9)12)6(7(4)11)10(13)14/h2-3,11H,1H3. The maximum absolute atomic E-state index is 10.8. The van der Waals surface area contributed by atoms with Gasteiger partial charge in [0.05, 0.1) is 4.92 Å². The molecule has 14 heavy (non-hydrogen) atoms. The number of aromatic hydroxyl groups is 1. The first-order chi connectivity index (χ1) is 6.45. The van der Waals surface area contributed by atoms with Gasteiger partial charge < -0.3 is 5.11 Å². The first-order valence-corrected chi connectivity index (χ1v) is 3.99. The zero-order valence-electron chi connectivity index (χ0n) is 7.15. The van der Waals surface area contributed by atoms with Gasteiger partial charge in [0.15, 0.2) is 5.75 Å². The highest BCUT2D eigenvalue weighted by molar-refractivity contribution is 6.68. The van der Waals surface area contributed by atoms with Crippen LogP contribution in [0.3, 0.4) is 0 Å². The third-order valence-corrected chi connectivity index (χ3v) is 1.95. The second kappa shape index (κ2) is 3.63. The van der Waals surface area contributed by atoms with Crippen LogP contribution in [0.2, 0.25) is 0 Å². The van der Waals surface area contributed by atoms with Crippen molar-refractivity contribution in [1.29, 1.82) is 0 Å². The Balaban J connectivity index is 3.53. The molecule has 0 aliphatic heterocycles. The van der Waals surface area contributed by atoms with Crippen molar-refractivity contribution in [3.63, 3.8) is 0 Å². The van der Waals surface area contributed by atoms with Gasteiger partial charge in [0.2, 0.25) is 0 Å². The highest BCUT2D eigenvalue weighted by atomic mass is 35.5. The summed E-state index contributed by atoms with van der Waals surface area (Å²) in [6.07, 6.45) is 0. The number of hydrogen-bond donors (Lipinski definition) is 1. The third kappa shape index (κ3) is 1.67. The second-order valence-corrected chi connectivity index (χ2v) is 3.00. The van der Waals surface area contributed by atoms with Crippen LogP contribution in [0, 0.1) is 17.0 Å². The Bertz CT molecular complexity index is 416. The number of hydrogen-bond acceptors (Lipinski definition) is 4. The van der Waals surface area contributed by atoms with Gasteiger partial charge in [-0.05, 0) is 30.2 Å². The summed E-state index contributed by atoms with van der Waals surface area (Å²) >= 11 is 5.12. The number of halogens is 1. The van der Waals surface area contributed by atoms with Crippen LogP contribution < -0.4 is 0 Å². The van der Waals surface area contributed by atoms with Crippen LogP contribution in [0.25, 0.3) is 0 Å². The SMILES string of the molecule is Cc1ccc(C(=O)Cl)c([N+](=O)[O-])c1O. The Morgan fingerprint density at radius 2 is 2.14 bits per heavy atom. The maximum atomic E-state index is 10.8. The Labute approximate surface area is 84.1 Å². The van der Waals surface area contributed by atoms with Crippen molar-refractivity contribution in [1.82, 2.24) is 0 Å². The molecule has 1 aromatic rings. The molecule has 0 saturated heterocycles. The van der Waals surface area contributed by atoms with Crippen LogP contribution in [-0.2, 0) is 0 Å². The number of benzene rings is 1. The fraction of sp³-hybridized carbons (Fsp3) is 0.125. The zero-order chi connectivity index (χ0) is 10.9. The van der Waals surface area contributed by atoms with Crippen molar-refractivity contribution in [3.05, 3.63) is 33.4 Å². The molecule has 1 rings (SSSR count). The summed E-state index contributed by atoms with van der Waals surface area (Å²) in [6.45, 7) is 1.49. The molecule has 1 aromatic carbocycles. The molecule has 0 aliphatic rings. The van der Waals surface area contributed by atoms with Crippen LogP contribution in [0.1, 0.15) is 15.9 Å². The summed E-state index contributed by atoms with van der Waals surface area (Å²) in [5.74, 6) is -0.526. The van der Waals surface area contributed by atoms with E-state index in [9.17, 15) is 20.0 Å². The minimum absolute atomic E-state index is 0.306. The molecule has 0 aliphatic carbocycles. The first kappa shape index (κ1) is 10.5. The molecule has 0 heterocycles. The van der Waals surface area contributed by atoms with Gasteiger partial charge in [-0.2, -0.15) is 0 Å². The molecular formula is C8H6ClNO4. The van der Waals surface area contributed by atoms with Crippen molar-refractivity contribution in [2.24, 2.45) is 0 Å². The van der Waals surface area contributed by atoms with E-state index in [0.29, 0.717) is 5.56 Å². The number of nitro benzene ring substituents is 1. The van der Waals surface area contributed by atoms with Gasteiger partial charge in [-0.25, -0.2) is 0 Å². The lowest BCUT2D eigenvalue weighted by molar-refractivity contribution is -0.386. The Hall–Kier alpha value is -1.62. The quantitative estimate of drug-likeness (QED) is 0.465. The molecule has 0 atom stereocenters. The number of carbonyl (C=O) groups excluding carboxylic acids is 1. The number of nitro groups is 1. The molecule has 0 amide bonds. The molecule has 0 saturated carbocycles. The summed E-state index contributed by atoms with van der Waals surface area (Å²) < 4.78 is 0. The fourth-order valence-corrected chi connectivity index (χ4v) is 1.18. The monoisotopic (exact) mass is 215 g/mol. The van der Waals surface area contributed by atoms with Gasteiger partial charge in [0.25, 0.3) is 5.24 Å². The number of nitrogens with zero attached hydrogens (tertiary/aromatic N) is 1. The van der Waals surface area contributed by atoms with Crippen LogP contribution in [0.15, 0.2) is 12.1 Å². The van der Waals surface area contributed by atoms with E-state index in [1.165, 1.54) is 19.1 Å². The van der Waals surface area contributed by atoms with Crippen molar-refractivity contribution in [3.8, 4) is 5.75 Å². The lowest BCUT2D eigenvalue weighted by atomic mass is 10.1. The molecule has 0 bridgehead atoms. The van der Waals surface area contributed by atoms with Crippen LogP contribution in [0.5, 0.6) is 5.75 Å². The Kier molecular flexibility index (Phi) is 2.71. The van der Waals surface area contributed by atoms with E-state index in [1.807, 2.05) is 0 Å². The molecule has 6 heteroatoms. The lowest BCUT2D eigenvalue weighted by Gasteiger charge is -2.02. The number of phenolic OH excluding ortho intramolecular Hbond substituents is 1. The minimum Gasteiger partial charge on any atom is -0.502 e. The molecular weight excluding hydrogens is 210 g/mol. The lowest BCUT2D eigenvalue weighted by Crippen LogP contribution is -1.99. The summed E-state index contributed by atoms with van der Waals surface area (Å²) in [5.41, 5.74) is -0.636. The van der Waals surface area contributed by atoms with Crippen LogP contribution in [-0.4, -0.2) is 15.3 Å². The maximum Gasteiger partial charge on any atom is 0.323 e. The average molecular weight is 216 g/mol. The van der Waals surface area contributed by atoms with Crippen LogP contribution in [0.4, 0.5) is 5.69 Å². The normalized spacial score (nSPS) is 9.86. The molecule has 0 unspecified atom stereocenters. The molecule has 0 aromatic heterocycles. The van der Waals surface area contributed by atoms with Gasteiger partial charge in [-0.3, -0.25) is 14.9 Å². The van der Waals surface area contributed by atoms with Crippen molar-refractivity contribution >= 4 is 22.5 Å². The minimum atomic E-state index is -0.966. The van der Waals surface area contributed by atoms with Crippen molar-refractivity contribution in [2.75, 3.05) is 0 Å².